The number of rotatable bonds is 60. The van der Waals surface area contributed by atoms with Crippen molar-refractivity contribution < 1.29 is 64.6 Å². The van der Waals surface area contributed by atoms with Gasteiger partial charge in [-0.2, -0.15) is 0 Å². The molecule has 0 bridgehead atoms. The maximum absolute atomic E-state index is 13.3. The fourth-order valence-corrected chi connectivity index (χ4v) is 11.3. The highest BCUT2D eigenvalue weighted by Gasteiger charge is 2.51. The third-order valence-electron chi connectivity index (χ3n) is 17.2. The first kappa shape index (κ1) is 87.0. The molecule has 1 amide bonds. The predicted molar refractivity (Wildman–Crippen MR) is 391 cm³/mol. The van der Waals surface area contributed by atoms with Crippen molar-refractivity contribution in [1.29, 1.82) is 0 Å². The van der Waals surface area contributed by atoms with E-state index in [0.717, 1.165) is 116 Å². The van der Waals surface area contributed by atoms with E-state index in [-0.39, 0.29) is 18.9 Å². The van der Waals surface area contributed by atoms with Crippen LogP contribution in [0.4, 0.5) is 0 Å². The van der Waals surface area contributed by atoms with E-state index in [0.29, 0.717) is 12.8 Å². The number of allylic oxidation sites excluding steroid dienone is 23. The average molecular weight is 1330 g/mol. The van der Waals surface area contributed by atoms with Gasteiger partial charge in [0.25, 0.3) is 0 Å². The molecule has 542 valence electrons. The van der Waals surface area contributed by atoms with E-state index in [1.165, 1.54) is 116 Å². The fourth-order valence-electron chi connectivity index (χ4n) is 11.3. The molecule has 0 spiro atoms. The lowest BCUT2D eigenvalue weighted by atomic mass is 9.97. The van der Waals surface area contributed by atoms with Crippen LogP contribution in [-0.4, -0.2) is 140 Å². The van der Waals surface area contributed by atoms with E-state index >= 15 is 0 Å². The van der Waals surface area contributed by atoms with Gasteiger partial charge < -0.3 is 65.1 Å². The van der Waals surface area contributed by atoms with Gasteiger partial charge in [0, 0.05) is 6.42 Å². The van der Waals surface area contributed by atoms with Gasteiger partial charge in [-0.3, -0.25) is 4.79 Å². The van der Waals surface area contributed by atoms with Crippen LogP contribution in [0.25, 0.3) is 0 Å². The largest absolute Gasteiger partial charge is 0.394 e. The van der Waals surface area contributed by atoms with Crippen LogP contribution in [0.1, 0.15) is 264 Å². The first-order valence-electron chi connectivity index (χ1n) is 37.6. The highest BCUT2D eigenvalue weighted by molar-refractivity contribution is 5.76. The summed E-state index contributed by atoms with van der Waals surface area (Å²) in [7, 11) is 0. The number of aliphatic hydroxyl groups excluding tert-OH is 8. The van der Waals surface area contributed by atoms with Crippen LogP contribution < -0.4 is 5.32 Å². The number of unbranched alkanes of at least 4 members (excludes halogenated alkanes) is 25. The lowest BCUT2D eigenvalue weighted by Crippen LogP contribution is -2.65. The van der Waals surface area contributed by atoms with Gasteiger partial charge in [-0.05, 0) is 116 Å². The smallest absolute Gasteiger partial charge is 0.220 e. The topological polar surface area (TPSA) is 228 Å². The van der Waals surface area contributed by atoms with Gasteiger partial charge in [-0.25, -0.2) is 0 Å². The molecule has 12 atom stereocenters. The molecule has 2 aliphatic rings. The molecule has 0 saturated carbocycles. The minimum absolute atomic E-state index is 0.237. The lowest BCUT2D eigenvalue weighted by molar-refractivity contribution is -0.359. The number of hydrogen-bond acceptors (Lipinski definition) is 13. The molecule has 2 saturated heterocycles. The average Bonchev–Trinajstić information content (AvgIpc) is 0.801. The third-order valence-corrected chi connectivity index (χ3v) is 17.2. The number of hydrogen-bond donors (Lipinski definition) is 9. The van der Waals surface area contributed by atoms with Gasteiger partial charge in [0.1, 0.15) is 48.8 Å². The van der Waals surface area contributed by atoms with E-state index in [9.17, 15) is 45.6 Å². The molecule has 2 fully saturated rings. The van der Waals surface area contributed by atoms with Gasteiger partial charge in [-0.15, -0.1) is 0 Å². The van der Waals surface area contributed by atoms with E-state index in [2.05, 4.69) is 153 Å². The van der Waals surface area contributed by atoms with Gasteiger partial charge in [0.2, 0.25) is 5.91 Å². The van der Waals surface area contributed by atoms with Crippen LogP contribution in [0, 0.1) is 0 Å². The Morgan fingerprint density at radius 2 is 0.737 bits per heavy atom. The predicted octanol–water partition coefficient (Wildman–Crippen LogP) is 16.4. The van der Waals surface area contributed by atoms with Crippen molar-refractivity contribution >= 4 is 5.91 Å². The fraction of sp³-hybridized carbons (Fsp3) is 0.691. The Morgan fingerprint density at radius 1 is 0.389 bits per heavy atom. The second-order valence-electron chi connectivity index (χ2n) is 25.7. The number of nitrogens with one attached hydrogen (secondary N) is 1. The summed E-state index contributed by atoms with van der Waals surface area (Å²) in [4.78, 5) is 13.3. The van der Waals surface area contributed by atoms with Crippen LogP contribution in [0.3, 0.4) is 0 Å². The Bertz CT molecular complexity index is 2160. The quantitative estimate of drug-likeness (QED) is 0.0204. The number of aliphatic hydroxyl groups is 8. The summed E-state index contributed by atoms with van der Waals surface area (Å²) in [6.45, 7) is 2.66. The van der Waals surface area contributed by atoms with Gasteiger partial charge in [0.05, 0.1) is 32.0 Å². The molecule has 9 N–H and O–H groups in total. The number of carbonyl (C=O) groups excluding carboxylic acids is 1. The molecule has 0 radical (unpaired) electrons. The van der Waals surface area contributed by atoms with Crippen molar-refractivity contribution in [2.75, 3.05) is 19.8 Å². The second kappa shape index (κ2) is 63.3. The molecule has 14 nitrogen and oxygen atoms in total. The Balaban J connectivity index is 1.71. The Morgan fingerprint density at radius 3 is 1.16 bits per heavy atom. The number of amides is 1. The molecule has 12 unspecified atom stereocenters. The number of ether oxygens (including phenoxy) is 4. The first-order valence-corrected chi connectivity index (χ1v) is 37.6. The molecule has 0 aromatic carbocycles. The zero-order valence-electron chi connectivity index (χ0n) is 59.1. The van der Waals surface area contributed by atoms with Crippen LogP contribution in [-0.2, 0) is 23.7 Å². The summed E-state index contributed by atoms with van der Waals surface area (Å²) in [6.07, 6.45) is 79.0. The standard InChI is InChI=1S/C81H135NO13/c1-3-5-7-9-11-13-15-17-19-21-23-25-27-29-31-33-34-35-36-37-39-41-43-45-47-49-51-53-55-57-59-61-63-65-73(86)82-69(68-92-80-78(91)76(89)79(72(67-84)94-80)95-81-77(90)75(88)74(87)71(66-83)93-81)70(85)64-62-60-58-56-54-52-50-48-46-44-42-40-38-32-30-28-26-24-22-20-18-16-14-12-10-8-6-4-2/h5,7,11,13,17,19,23,25,29,31,34-35,37,39,43,45-46,48-49,51,54,56,62,64,69-72,74-81,83-85,87-91H,3-4,6,8-10,12,14-16,18,20-22,24,26-28,30,32-33,36,38,40-42,44,47,50,52-53,55,57-61,63,65-68H2,1-2H3,(H,82,86)/b7-5-,13-11-,19-17-,25-23-,31-29-,35-34-,39-37-,45-43-,48-46+,51-49-,56-54+,64-62+. The second-order valence-corrected chi connectivity index (χ2v) is 25.7. The molecule has 14 heteroatoms. The SMILES string of the molecule is CC/C=C\C/C=C\C/C=C\C/C=C\C/C=C\C/C=C\C/C=C\C/C=C\C/C=C\CCCCCCCC(=O)NC(COC1OC(CO)C(OC2OC(CO)C(O)C(O)C2O)C(O)C1O)C(O)/C=C/CC/C=C/CC/C=C/CCCCCCCCCCCCCCCCCCCC. The summed E-state index contributed by atoms with van der Waals surface area (Å²) in [5.74, 6) is -0.277. The van der Waals surface area contributed by atoms with Crippen molar-refractivity contribution in [3.63, 3.8) is 0 Å². The maximum atomic E-state index is 13.3. The molecular weight excluding hydrogens is 1190 g/mol. The van der Waals surface area contributed by atoms with Crippen LogP contribution in [0.2, 0.25) is 0 Å². The maximum Gasteiger partial charge on any atom is 0.220 e. The molecule has 0 aliphatic carbocycles. The molecule has 95 heavy (non-hydrogen) atoms. The zero-order valence-corrected chi connectivity index (χ0v) is 59.1. The van der Waals surface area contributed by atoms with Crippen LogP contribution in [0.5, 0.6) is 0 Å². The van der Waals surface area contributed by atoms with Crippen LogP contribution in [0.15, 0.2) is 146 Å². The van der Waals surface area contributed by atoms with Crippen molar-refractivity contribution in [2.24, 2.45) is 0 Å². The van der Waals surface area contributed by atoms with Gasteiger partial charge in [0.15, 0.2) is 12.6 Å². The van der Waals surface area contributed by atoms with Crippen LogP contribution >= 0.6 is 0 Å². The zero-order chi connectivity index (χ0) is 68.7. The Labute approximate surface area is 576 Å². The van der Waals surface area contributed by atoms with Crippen molar-refractivity contribution in [3.8, 4) is 0 Å². The summed E-state index contributed by atoms with van der Waals surface area (Å²) >= 11 is 0. The molecule has 2 rings (SSSR count). The van der Waals surface area contributed by atoms with Gasteiger partial charge >= 0.3 is 0 Å². The lowest BCUT2D eigenvalue weighted by Gasteiger charge is -2.46. The summed E-state index contributed by atoms with van der Waals surface area (Å²) in [5.41, 5.74) is 0. The van der Waals surface area contributed by atoms with E-state index in [1.54, 1.807) is 6.08 Å². The van der Waals surface area contributed by atoms with E-state index in [4.69, 9.17) is 18.9 Å². The summed E-state index contributed by atoms with van der Waals surface area (Å²) < 4.78 is 22.8. The molecular formula is C81H135NO13. The minimum atomic E-state index is -1.80. The molecule has 0 aromatic rings. The third kappa shape index (κ3) is 46.7. The van der Waals surface area contributed by atoms with Crippen molar-refractivity contribution in [1.82, 2.24) is 5.32 Å². The van der Waals surface area contributed by atoms with E-state index < -0.39 is 86.8 Å². The first-order chi connectivity index (χ1) is 46.6. The minimum Gasteiger partial charge on any atom is -0.394 e. The summed E-state index contributed by atoms with van der Waals surface area (Å²) in [5, 5.41) is 87.5. The van der Waals surface area contributed by atoms with E-state index in [1.807, 2.05) is 6.08 Å². The van der Waals surface area contributed by atoms with Crippen molar-refractivity contribution in [2.45, 2.75) is 338 Å². The Hall–Kier alpha value is -4.13. The monoisotopic (exact) mass is 1330 g/mol. The molecule has 2 aliphatic heterocycles. The highest BCUT2D eigenvalue weighted by atomic mass is 16.7. The highest BCUT2D eigenvalue weighted by Crippen LogP contribution is 2.30. The number of carbonyl (C=O) groups is 1. The molecule has 2 heterocycles. The Kier molecular flexibility index (Phi) is 58.0. The van der Waals surface area contributed by atoms with Crippen molar-refractivity contribution in [3.05, 3.63) is 146 Å². The molecule has 0 aromatic heterocycles. The summed E-state index contributed by atoms with van der Waals surface area (Å²) in [6, 6.07) is -0.962. The normalized spacial score (nSPS) is 23.2. The van der Waals surface area contributed by atoms with Gasteiger partial charge in [-0.1, -0.05) is 288 Å².